The van der Waals surface area contributed by atoms with Crippen molar-refractivity contribution in [2.24, 2.45) is 0 Å². The van der Waals surface area contributed by atoms with Gasteiger partial charge in [-0.05, 0) is 18.1 Å². The third-order valence-electron chi connectivity index (χ3n) is 9.71. The average Bonchev–Trinajstić information content (AvgIpc) is 2.97. The fourth-order valence-electron chi connectivity index (χ4n) is 6.71. The first-order valence-electron chi connectivity index (χ1n) is 19.9. The zero-order valence-corrected chi connectivity index (χ0v) is 30.4. The molecule has 0 aliphatic heterocycles. The van der Waals surface area contributed by atoms with Gasteiger partial charge in [0.15, 0.2) is 0 Å². The average molecular weight is 594 g/mol. The maximum absolute atomic E-state index is 14.0. The first-order chi connectivity index (χ1) is 20.2. The minimum Gasteiger partial charge on any atom is -0.297 e. The lowest BCUT2D eigenvalue weighted by Gasteiger charge is -2.23. The third kappa shape index (κ3) is 32.9. The Morgan fingerprint density at radius 3 is 0.561 bits per heavy atom. The number of hydrogen-bond donors (Lipinski definition) is 0. The molecule has 0 saturated heterocycles. The maximum atomic E-state index is 14.0. The quantitative estimate of drug-likeness (QED) is 0.0508. The Balaban J connectivity index is 4.06. The highest BCUT2D eigenvalue weighted by atomic mass is 28.4. The first kappa shape index (κ1) is 41.2. The monoisotopic (exact) mass is 594 g/mol. The van der Waals surface area contributed by atoms with Crippen LogP contribution in [0.25, 0.3) is 0 Å². The Hall–Kier alpha value is 0.177. The summed E-state index contributed by atoms with van der Waals surface area (Å²) in [7, 11) is -2.28. The molecule has 0 unspecified atom stereocenters. The van der Waals surface area contributed by atoms with Crippen molar-refractivity contribution >= 4 is 8.32 Å². The normalized spacial score (nSPS) is 12.0. The molecule has 0 N–H and O–H groups in total. The molecular weight excluding hydrogens is 513 g/mol. The second-order valence-corrected chi connectivity index (χ2v) is 17.9. The third-order valence-corrected chi connectivity index (χ3v) is 13.5. The molecule has 0 aliphatic rings. The van der Waals surface area contributed by atoms with E-state index in [1.165, 1.54) is 212 Å². The van der Waals surface area contributed by atoms with E-state index in [1.54, 1.807) is 0 Å². The molecule has 0 bridgehead atoms. The maximum Gasteiger partial charge on any atom is 0.237 e. The van der Waals surface area contributed by atoms with E-state index in [1.807, 2.05) is 0 Å². The lowest BCUT2D eigenvalue weighted by Crippen LogP contribution is -2.32. The van der Waals surface area contributed by atoms with Crippen LogP contribution < -0.4 is 0 Å². The second kappa shape index (κ2) is 34.7. The predicted octanol–water partition coefficient (Wildman–Crippen LogP) is 15.3. The molecule has 0 heterocycles. The minimum absolute atomic E-state index is 1.08. The van der Waals surface area contributed by atoms with Crippen LogP contribution in [0.4, 0.5) is 0 Å². The molecule has 0 rings (SSSR count). The van der Waals surface area contributed by atoms with Crippen LogP contribution in [-0.2, 0) is 4.80 Å². The van der Waals surface area contributed by atoms with Crippen LogP contribution in [0, 0.1) is 0 Å². The summed E-state index contributed by atoms with van der Waals surface area (Å²) in [5, 5.41) is 0. The fraction of sp³-hybridized carbons (Fsp3) is 1.00. The van der Waals surface area contributed by atoms with Crippen molar-refractivity contribution in [1.29, 1.82) is 0 Å². The Morgan fingerprint density at radius 1 is 0.244 bits per heavy atom. The smallest absolute Gasteiger partial charge is 0.237 e. The zero-order valence-electron chi connectivity index (χ0n) is 29.4. The summed E-state index contributed by atoms with van der Waals surface area (Å²) < 4.78 is 0. The minimum atomic E-state index is -2.28. The molecule has 0 fully saturated rings. The number of hydrogen-bond acceptors (Lipinski definition) is 0. The van der Waals surface area contributed by atoms with E-state index in [4.69, 9.17) is 0 Å². The molecule has 0 aromatic rings. The summed E-state index contributed by atoms with van der Waals surface area (Å²) in [6.07, 6.45) is 45.8. The van der Waals surface area contributed by atoms with Gasteiger partial charge in [0, 0.05) is 0 Å². The molecule has 2 heteroatoms. The molecule has 1 radical (unpaired) electrons. The molecule has 0 aromatic heterocycles. The highest BCUT2D eigenvalue weighted by Crippen LogP contribution is 2.28. The fourth-order valence-corrected chi connectivity index (χ4v) is 10.1. The van der Waals surface area contributed by atoms with Gasteiger partial charge in [-0.15, -0.1) is 0 Å². The Morgan fingerprint density at radius 2 is 0.390 bits per heavy atom. The van der Waals surface area contributed by atoms with Gasteiger partial charge in [-0.2, -0.15) is 0 Å². The molecule has 0 spiro atoms. The van der Waals surface area contributed by atoms with Gasteiger partial charge in [0.25, 0.3) is 0 Å². The van der Waals surface area contributed by atoms with Crippen LogP contribution in [0.3, 0.4) is 0 Å². The van der Waals surface area contributed by atoms with E-state index in [0.717, 1.165) is 18.1 Å². The Bertz CT molecular complexity index is 400. The largest absolute Gasteiger partial charge is 0.297 e. The predicted molar refractivity (Wildman–Crippen MR) is 190 cm³/mol. The van der Waals surface area contributed by atoms with E-state index in [-0.39, 0.29) is 0 Å². The zero-order chi connectivity index (χ0) is 30.0. The lowest BCUT2D eigenvalue weighted by atomic mass is 10.1. The Labute approximate surface area is 263 Å². The molecule has 247 valence electrons. The van der Waals surface area contributed by atoms with Crippen molar-refractivity contribution in [2.75, 3.05) is 0 Å². The van der Waals surface area contributed by atoms with E-state index < -0.39 is 8.32 Å². The summed E-state index contributed by atoms with van der Waals surface area (Å²) in [5.74, 6) is 0. The molecule has 41 heavy (non-hydrogen) atoms. The summed E-state index contributed by atoms with van der Waals surface area (Å²) in [6, 6.07) is 3.25. The SMILES string of the molecule is CCCCCCCCCCCCC[Si]([O])(CCCCCCCCCCCCC)CCCCCCCCCCCCC. The van der Waals surface area contributed by atoms with Gasteiger partial charge in [0.1, 0.15) is 0 Å². The molecule has 0 saturated carbocycles. The van der Waals surface area contributed by atoms with E-state index >= 15 is 0 Å². The van der Waals surface area contributed by atoms with Crippen molar-refractivity contribution in [3.05, 3.63) is 0 Å². The second-order valence-electron chi connectivity index (χ2n) is 14.0. The molecule has 0 aliphatic carbocycles. The van der Waals surface area contributed by atoms with Crippen LogP contribution >= 0.6 is 0 Å². The van der Waals surface area contributed by atoms with Crippen LogP contribution in [0.5, 0.6) is 0 Å². The molecule has 1 nitrogen and oxygen atoms in total. The molecule has 0 aromatic carbocycles. The van der Waals surface area contributed by atoms with Gasteiger partial charge >= 0.3 is 0 Å². The van der Waals surface area contributed by atoms with E-state index in [9.17, 15) is 4.80 Å². The van der Waals surface area contributed by atoms with Crippen LogP contribution in [0.1, 0.15) is 233 Å². The van der Waals surface area contributed by atoms with E-state index in [0.29, 0.717) is 0 Å². The van der Waals surface area contributed by atoms with Gasteiger partial charge in [-0.25, -0.2) is 0 Å². The van der Waals surface area contributed by atoms with Crippen molar-refractivity contribution < 1.29 is 4.80 Å². The van der Waals surface area contributed by atoms with Crippen LogP contribution in [-0.4, -0.2) is 8.32 Å². The van der Waals surface area contributed by atoms with Crippen molar-refractivity contribution in [3.8, 4) is 0 Å². The first-order valence-corrected chi connectivity index (χ1v) is 22.4. The molecule has 0 atom stereocenters. The number of unbranched alkanes of at least 4 members (excludes halogenated alkanes) is 30. The lowest BCUT2D eigenvalue weighted by molar-refractivity contribution is 0.397. The highest BCUT2D eigenvalue weighted by molar-refractivity contribution is 6.72. The van der Waals surface area contributed by atoms with Gasteiger partial charge in [-0.3, -0.25) is 4.80 Å². The van der Waals surface area contributed by atoms with Crippen LogP contribution in [0.2, 0.25) is 18.1 Å². The summed E-state index contributed by atoms with van der Waals surface area (Å²) in [4.78, 5) is 14.0. The number of rotatable bonds is 36. The summed E-state index contributed by atoms with van der Waals surface area (Å²) in [6.45, 7) is 6.90. The van der Waals surface area contributed by atoms with Gasteiger partial charge in [0.05, 0.1) is 0 Å². The van der Waals surface area contributed by atoms with Crippen LogP contribution in [0.15, 0.2) is 0 Å². The topological polar surface area (TPSA) is 19.9 Å². The van der Waals surface area contributed by atoms with Gasteiger partial charge in [0.2, 0.25) is 8.32 Å². The highest BCUT2D eigenvalue weighted by Gasteiger charge is 2.31. The Kier molecular flexibility index (Phi) is 34.8. The van der Waals surface area contributed by atoms with Gasteiger partial charge in [-0.1, -0.05) is 233 Å². The van der Waals surface area contributed by atoms with Gasteiger partial charge < -0.3 is 0 Å². The van der Waals surface area contributed by atoms with E-state index in [2.05, 4.69) is 20.8 Å². The molecular formula is C39H81OSi. The van der Waals surface area contributed by atoms with Crippen molar-refractivity contribution in [1.82, 2.24) is 0 Å². The summed E-state index contributed by atoms with van der Waals surface area (Å²) >= 11 is 0. The van der Waals surface area contributed by atoms with Crippen molar-refractivity contribution in [3.63, 3.8) is 0 Å². The summed E-state index contributed by atoms with van der Waals surface area (Å²) in [5.41, 5.74) is 0. The molecule has 0 amide bonds. The van der Waals surface area contributed by atoms with Crippen molar-refractivity contribution in [2.45, 2.75) is 251 Å². The standard InChI is InChI=1S/C39H81OSi/c1-4-7-10-13-16-19-22-25-28-31-34-37-41(40,38-35-32-29-26-23-20-17-14-11-8-5-2)39-36-33-30-27-24-21-18-15-12-9-6-3/h4-39H2,1-3H3.